The molecule has 1 atom stereocenters. The number of carbonyl (C=O) groups excluding carboxylic acids is 1. The summed E-state index contributed by atoms with van der Waals surface area (Å²) in [6, 6.07) is -0.00594. The van der Waals surface area contributed by atoms with Crippen molar-refractivity contribution in [3.8, 4) is 0 Å². The zero-order valence-electron chi connectivity index (χ0n) is 12.1. The van der Waals surface area contributed by atoms with E-state index < -0.39 is 0 Å². The molecule has 0 radical (unpaired) electrons. The maximum Gasteiger partial charge on any atom is 0.246 e. The van der Waals surface area contributed by atoms with Crippen LogP contribution in [0.15, 0.2) is 0 Å². The van der Waals surface area contributed by atoms with Gasteiger partial charge in [0.25, 0.3) is 0 Å². The molecule has 0 aliphatic heterocycles. The molecule has 0 aromatic heterocycles. The van der Waals surface area contributed by atoms with Crippen LogP contribution >= 0.6 is 0 Å². The number of nitrogens with one attached hydrogen (secondary N) is 1. The van der Waals surface area contributed by atoms with Crippen molar-refractivity contribution in [3.05, 3.63) is 0 Å². The van der Waals surface area contributed by atoms with Gasteiger partial charge in [-0.1, -0.05) is 20.8 Å². The molecule has 3 N–H and O–H groups in total. The van der Waals surface area contributed by atoms with Crippen molar-refractivity contribution >= 4 is 5.91 Å². The van der Waals surface area contributed by atoms with E-state index in [1.54, 1.807) is 0 Å². The van der Waals surface area contributed by atoms with Gasteiger partial charge < -0.3 is 15.8 Å². The molecule has 0 saturated carbocycles. The van der Waals surface area contributed by atoms with Gasteiger partial charge in [-0.05, 0) is 32.6 Å². The van der Waals surface area contributed by atoms with E-state index >= 15 is 0 Å². The SMILES string of the molecule is CC(C)(C)CC(N)CNC(=O)COC(C)(C)C. The summed E-state index contributed by atoms with van der Waals surface area (Å²) in [6.45, 7) is 12.8. The molecular weight excluding hydrogens is 216 g/mol. The van der Waals surface area contributed by atoms with E-state index in [2.05, 4.69) is 26.1 Å². The number of hydrogen-bond donors (Lipinski definition) is 2. The molecule has 0 rings (SSSR count). The molecule has 0 fully saturated rings. The summed E-state index contributed by atoms with van der Waals surface area (Å²) in [7, 11) is 0. The van der Waals surface area contributed by atoms with Crippen LogP contribution in [0.4, 0.5) is 0 Å². The fourth-order valence-electron chi connectivity index (χ4n) is 1.44. The zero-order valence-corrected chi connectivity index (χ0v) is 12.1. The van der Waals surface area contributed by atoms with E-state index in [-0.39, 0.29) is 29.6 Å². The van der Waals surface area contributed by atoms with Gasteiger partial charge in [-0.25, -0.2) is 0 Å². The number of nitrogens with two attached hydrogens (primary N) is 1. The van der Waals surface area contributed by atoms with Crippen LogP contribution in [-0.2, 0) is 9.53 Å². The van der Waals surface area contributed by atoms with Gasteiger partial charge in [-0.3, -0.25) is 4.79 Å². The van der Waals surface area contributed by atoms with Crippen molar-refractivity contribution in [2.75, 3.05) is 13.2 Å². The predicted octanol–water partition coefficient (Wildman–Crippen LogP) is 1.68. The standard InChI is InChI=1S/C13H28N2O2/c1-12(2,3)7-10(14)8-15-11(16)9-17-13(4,5)6/h10H,7-9,14H2,1-6H3,(H,15,16). The summed E-state index contributed by atoms with van der Waals surface area (Å²) in [6.07, 6.45) is 0.882. The van der Waals surface area contributed by atoms with Crippen LogP contribution in [0.2, 0.25) is 0 Å². The van der Waals surface area contributed by atoms with Gasteiger partial charge >= 0.3 is 0 Å². The van der Waals surface area contributed by atoms with Crippen molar-refractivity contribution in [1.29, 1.82) is 0 Å². The normalized spacial score (nSPS) is 14.5. The first-order valence-electron chi connectivity index (χ1n) is 6.16. The largest absolute Gasteiger partial charge is 0.366 e. The first-order valence-corrected chi connectivity index (χ1v) is 6.16. The lowest BCUT2D eigenvalue weighted by molar-refractivity contribution is -0.130. The molecule has 0 bridgehead atoms. The Kier molecular flexibility index (Phi) is 6.13. The van der Waals surface area contributed by atoms with Crippen molar-refractivity contribution < 1.29 is 9.53 Å². The summed E-state index contributed by atoms with van der Waals surface area (Å²) in [5, 5.41) is 2.79. The Morgan fingerprint density at radius 1 is 1.24 bits per heavy atom. The quantitative estimate of drug-likeness (QED) is 0.773. The molecule has 0 heterocycles. The highest BCUT2D eigenvalue weighted by Crippen LogP contribution is 2.19. The first-order chi connectivity index (χ1) is 7.49. The van der Waals surface area contributed by atoms with E-state index in [1.807, 2.05) is 20.8 Å². The second-order valence-electron chi connectivity index (χ2n) is 6.73. The number of amides is 1. The molecule has 0 spiro atoms. The maximum absolute atomic E-state index is 11.5. The van der Waals surface area contributed by atoms with E-state index in [4.69, 9.17) is 10.5 Å². The van der Waals surface area contributed by atoms with Gasteiger partial charge in [0.15, 0.2) is 0 Å². The van der Waals surface area contributed by atoms with E-state index in [1.165, 1.54) is 0 Å². The second kappa shape index (κ2) is 6.36. The summed E-state index contributed by atoms with van der Waals surface area (Å²) in [5.41, 5.74) is 5.83. The lowest BCUT2D eigenvalue weighted by atomic mass is 9.88. The topological polar surface area (TPSA) is 64.3 Å². The smallest absolute Gasteiger partial charge is 0.246 e. The van der Waals surface area contributed by atoms with Crippen LogP contribution in [0, 0.1) is 5.41 Å². The lowest BCUT2D eigenvalue weighted by Gasteiger charge is -2.23. The van der Waals surface area contributed by atoms with Gasteiger partial charge in [0.05, 0.1) is 5.60 Å². The van der Waals surface area contributed by atoms with Gasteiger partial charge in [-0.2, -0.15) is 0 Å². The number of hydrogen-bond acceptors (Lipinski definition) is 3. The molecule has 1 unspecified atom stereocenters. The van der Waals surface area contributed by atoms with E-state index in [9.17, 15) is 4.79 Å². The Hall–Kier alpha value is -0.610. The fourth-order valence-corrected chi connectivity index (χ4v) is 1.44. The van der Waals surface area contributed by atoms with E-state index in [0.717, 1.165) is 6.42 Å². The van der Waals surface area contributed by atoms with Crippen molar-refractivity contribution in [2.24, 2.45) is 11.1 Å². The molecule has 0 aromatic rings. The van der Waals surface area contributed by atoms with Crippen LogP contribution < -0.4 is 11.1 Å². The van der Waals surface area contributed by atoms with Crippen molar-refractivity contribution in [3.63, 3.8) is 0 Å². The third-order valence-electron chi connectivity index (χ3n) is 2.07. The lowest BCUT2D eigenvalue weighted by Crippen LogP contribution is -2.41. The molecule has 4 nitrogen and oxygen atoms in total. The van der Waals surface area contributed by atoms with Gasteiger partial charge in [0.1, 0.15) is 6.61 Å². The van der Waals surface area contributed by atoms with Gasteiger partial charge in [-0.15, -0.1) is 0 Å². The summed E-state index contributed by atoms with van der Waals surface area (Å²) < 4.78 is 5.37. The average molecular weight is 244 g/mol. The molecule has 0 saturated heterocycles. The van der Waals surface area contributed by atoms with Crippen LogP contribution in [-0.4, -0.2) is 30.7 Å². The Labute approximate surface area is 105 Å². The average Bonchev–Trinajstić information content (AvgIpc) is 2.07. The van der Waals surface area contributed by atoms with Crippen LogP contribution in [0.25, 0.3) is 0 Å². The molecule has 0 aliphatic carbocycles. The van der Waals surface area contributed by atoms with E-state index in [0.29, 0.717) is 6.54 Å². The highest BCUT2D eigenvalue weighted by Gasteiger charge is 2.17. The second-order valence-corrected chi connectivity index (χ2v) is 6.73. The third kappa shape index (κ3) is 11.6. The minimum atomic E-state index is -0.287. The monoisotopic (exact) mass is 244 g/mol. The Morgan fingerprint density at radius 3 is 2.18 bits per heavy atom. The van der Waals surface area contributed by atoms with Gasteiger partial charge in [0.2, 0.25) is 5.91 Å². The van der Waals surface area contributed by atoms with Crippen LogP contribution in [0.5, 0.6) is 0 Å². The molecule has 4 heteroatoms. The highest BCUT2D eigenvalue weighted by atomic mass is 16.5. The Morgan fingerprint density at radius 2 is 1.76 bits per heavy atom. The van der Waals surface area contributed by atoms with Crippen molar-refractivity contribution in [2.45, 2.75) is 59.6 Å². The summed E-state index contributed by atoms with van der Waals surface area (Å²) >= 11 is 0. The first kappa shape index (κ1) is 16.4. The predicted molar refractivity (Wildman–Crippen MR) is 70.8 cm³/mol. The Balaban J connectivity index is 3.78. The number of carbonyl (C=O) groups is 1. The number of ether oxygens (including phenoxy) is 1. The molecule has 0 aromatic carbocycles. The summed E-state index contributed by atoms with van der Waals surface area (Å²) in [4.78, 5) is 11.5. The molecule has 17 heavy (non-hydrogen) atoms. The minimum Gasteiger partial charge on any atom is -0.366 e. The third-order valence-corrected chi connectivity index (χ3v) is 2.07. The van der Waals surface area contributed by atoms with Crippen LogP contribution in [0.3, 0.4) is 0 Å². The number of rotatable bonds is 5. The molecule has 0 aliphatic rings. The Bertz CT molecular complexity index is 239. The maximum atomic E-state index is 11.5. The minimum absolute atomic E-state index is 0.00594. The zero-order chi connectivity index (χ0) is 13.7. The molecular formula is C13H28N2O2. The molecule has 1 amide bonds. The molecule has 102 valence electrons. The van der Waals surface area contributed by atoms with Gasteiger partial charge in [0, 0.05) is 12.6 Å². The van der Waals surface area contributed by atoms with Crippen molar-refractivity contribution in [1.82, 2.24) is 5.32 Å². The summed E-state index contributed by atoms with van der Waals surface area (Å²) in [5.74, 6) is -0.107. The fraction of sp³-hybridized carbons (Fsp3) is 0.923. The van der Waals surface area contributed by atoms with Crippen LogP contribution in [0.1, 0.15) is 48.0 Å². The highest BCUT2D eigenvalue weighted by molar-refractivity contribution is 5.77.